The van der Waals surface area contributed by atoms with Crippen molar-refractivity contribution in [1.29, 1.82) is 5.26 Å². The van der Waals surface area contributed by atoms with E-state index >= 15 is 0 Å². The average Bonchev–Trinajstić information content (AvgIpc) is 3.53. The Kier molecular flexibility index (Phi) is 5.76. The third-order valence-electron chi connectivity index (χ3n) is 5.40. The molecular weight excluding hydrogens is 442 g/mol. The van der Waals surface area contributed by atoms with Crippen LogP contribution in [0.1, 0.15) is 11.3 Å². The lowest BCUT2D eigenvalue weighted by atomic mass is 9.98. The zero-order valence-electron chi connectivity index (χ0n) is 18.3. The average molecular weight is 459 g/mol. The molecule has 0 spiro atoms. The fourth-order valence-electron chi connectivity index (χ4n) is 3.82. The first kappa shape index (κ1) is 21.6. The molecule has 0 aliphatic heterocycles. The Hall–Kier alpha value is -5.22. The second-order valence-electron chi connectivity index (χ2n) is 7.56. The summed E-state index contributed by atoms with van der Waals surface area (Å²) in [5.41, 5.74) is 2.93. The Bertz CT molecular complexity index is 1580. The van der Waals surface area contributed by atoms with Crippen LogP contribution in [0.5, 0.6) is 0 Å². The van der Waals surface area contributed by atoms with Gasteiger partial charge in [-0.2, -0.15) is 5.26 Å². The molecule has 5 aromatic rings. The molecule has 2 heterocycles. The van der Waals surface area contributed by atoms with E-state index in [1.54, 1.807) is 30.3 Å². The van der Waals surface area contributed by atoms with E-state index in [4.69, 9.17) is 8.83 Å². The van der Waals surface area contributed by atoms with Crippen molar-refractivity contribution in [2.45, 2.75) is 0 Å². The van der Waals surface area contributed by atoms with E-state index in [1.807, 2.05) is 60.7 Å². The Morgan fingerprint density at radius 1 is 0.829 bits per heavy atom. The van der Waals surface area contributed by atoms with Gasteiger partial charge in [-0.1, -0.05) is 72.8 Å². The molecule has 0 aliphatic rings. The highest BCUT2D eigenvalue weighted by Crippen LogP contribution is 2.42. The summed E-state index contributed by atoms with van der Waals surface area (Å²) < 4.78 is 11.9. The number of furan rings is 2. The number of nitro groups is 1. The van der Waals surface area contributed by atoms with Gasteiger partial charge < -0.3 is 8.83 Å². The van der Waals surface area contributed by atoms with Gasteiger partial charge in [-0.3, -0.25) is 10.1 Å². The molecule has 0 amide bonds. The van der Waals surface area contributed by atoms with E-state index in [9.17, 15) is 15.4 Å². The standard InChI is InChI=1S/C28H17N3O4/c29-17-23-26(19-9-3-1-4-10-19)27(20-11-5-2-6-12-20)35-28(23)30-18-21-15-16-25(34-21)22-13-7-8-14-24(22)31(32)33/h1-16,18H/b30-18+. The minimum atomic E-state index is -0.454. The van der Waals surface area contributed by atoms with Crippen LogP contribution in [-0.4, -0.2) is 11.1 Å². The second kappa shape index (κ2) is 9.33. The number of nitrogens with zero attached hydrogens (tertiary/aromatic N) is 3. The van der Waals surface area contributed by atoms with Gasteiger partial charge in [-0.15, -0.1) is 0 Å². The number of nitriles is 1. The van der Waals surface area contributed by atoms with Gasteiger partial charge in [-0.05, 0) is 23.8 Å². The largest absolute Gasteiger partial charge is 0.455 e. The number of benzene rings is 3. The summed E-state index contributed by atoms with van der Waals surface area (Å²) in [7, 11) is 0. The molecule has 7 nitrogen and oxygen atoms in total. The van der Waals surface area contributed by atoms with Crippen molar-refractivity contribution < 1.29 is 13.8 Å². The molecule has 0 unspecified atom stereocenters. The van der Waals surface area contributed by atoms with Gasteiger partial charge in [-0.25, -0.2) is 4.99 Å². The molecular formula is C28H17N3O4. The van der Waals surface area contributed by atoms with Crippen molar-refractivity contribution >= 4 is 17.8 Å². The maximum Gasteiger partial charge on any atom is 0.280 e. The second-order valence-corrected chi connectivity index (χ2v) is 7.56. The normalized spacial score (nSPS) is 10.9. The molecule has 0 fully saturated rings. The highest BCUT2D eigenvalue weighted by Gasteiger charge is 2.23. The van der Waals surface area contributed by atoms with Gasteiger partial charge in [0, 0.05) is 17.2 Å². The first-order chi connectivity index (χ1) is 17.2. The third-order valence-corrected chi connectivity index (χ3v) is 5.40. The van der Waals surface area contributed by atoms with Crippen LogP contribution in [0.4, 0.5) is 11.6 Å². The lowest BCUT2D eigenvalue weighted by Crippen LogP contribution is -1.90. The number of nitro benzene ring substituents is 1. The first-order valence-corrected chi connectivity index (χ1v) is 10.7. The molecule has 7 heteroatoms. The smallest absolute Gasteiger partial charge is 0.280 e. The van der Waals surface area contributed by atoms with E-state index in [0.717, 1.165) is 11.1 Å². The van der Waals surface area contributed by atoms with Gasteiger partial charge >= 0.3 is 0 Å². The number of hydrogen-bond donors (Lipinski definition) is 0. The van der Waals surface area contributed by atoms with E-state index in [-0.39, 0.29) is 11.6 Å². The Labute approximate surface area is 200 Å². The van der Waals surface area contributed by atoms with Crippen molar-refractivity contribution in [3.8, 4) is 39.8 Å². The van der Waals surface area contributed by atoms with Crippen molar-refractivity contribution in [2.75, 3.05) is 0 Å². The number of para-hydroxylation sites is 1. The third kappa shape index (κ3) is 4.24. The van der Waals surface area contributed by atoms with Crippen molar-refractivity contribution in [1.82, 2.24) is 0 Å². The minimum absolute atomic E-state index is 0.0526. The van der Waals surface area contributed by atoms with Crippen LogP contribution in [0.3, 0.4) is 0 Å². The molecule has 0 aliphatic carbocycles. The summed E-state index contributed by atoms with van der Waals surface area (Å²) in [4.78, 5) is 15.3. The van der Waals surface area contributed by atoms with Crippen LogP contribution in [0.25, 0.3) is 33.8 Å². The van der Waals surface area contributed by atoms with E-state index in [2.05, 4.69) is 11.1 Å². The zero-order valence-corrected chi connectivity index (χ0v) is 18.3. The van der Waals surface area contributed by atoms with Crippen molar-refractivity contribution in [2.24, 2.45) is 4.99 Å². The van der Waals surface area contributed by atoms with E-state index < -0.39 is 4.92 Å². The quantitative estimate of drug-likeness (QED) is 0.149. The van der Waals surface area contributed by atoms with Crippen LogP contribution in [0.2, 0.25) is 0 Å². The fraction of sp³-hybridized carbons (Fsp3) is 0. The monoisotopic (exact) mass is 459 g/mol. The fourth-order valence-corrected chi connectivity index (χ4v) is 3.82. The van der Waals surface area contributed by atoms with Crippen LogP contribution in [-0.2, 0) is 0 Å². The Balaban J connectivity index is 1.56. The molecule has 0 atom stereocenters. The summed E-state index contributed by atoms with van der Waals surface area (Å²) in [6.45, 7) is 0. The molecule has 3 aromatic carbocycles. The molecule has 168 valence electrons. The lowest BCUT2D eigenvalue weighted by Gasteiger charge is -2.03. The summed E-state index contributed by atoms with van der Waals surface area (Å²) >= 11 is 0. The SMILES string of the molecule is N#Cc1c(/N=C/c2ccc(-c3ccccc3[N+](=O)[O-])o2)oc(-c2ccccc2)c1-c1ccccc1. The molecule has 2 aromatic heterocycles. The van der Waals surface area contributed by atoms with Crippen LogP contribution in [0.15, 0.2) is 111 Å². The predicted molar refractivity (Wildman–Crippen MR) is 132 cm³/mol. The molecule has 5 rings (SSSR count). The maximum atomic E-state index is 11.3. The van der Waals surface area contributed by atoms with Crippen LogP contribution in [0, 0.1) is 21.4 Å². The van der Waals surface area contributed by atoms with Gasteiger partial charge in [0.25, 0.3) is 5.69 Å². The highest BCUT2D eigenvalue weighted by molar-refractivity contribution is 5.89. The lowest BCUT2D eigenvalue weighted by molar-refractivity contribution is -0.384. The molecule has 0 bridgehead atoms. The van der Waals surface area contributed by atoms with Crippen molar-refractivity contribution in [3.05, 3.63) is 118 Å². The van der Waals surface area contributed by atoms with Crippen LogP contribution >= 0.6 is 0 Å². The molecule has 0 radical (unpaired) electrons. The zero-order chi connectivity index (χ0) is 24.2. The number of rotatable bonds is 6. The number of hydrogen-bond acceptors (Lipinski definition) is 6. The van der Waals surface area contributed by atoms with Gasteiger partial charge in [0.1, 0.15) is 28.9 Å². The van der Waals surface area contributed by atoms with Gasteiger partial charge in [0.15, 0.2) is 0 Å². The van der Waals surface area contributed by atoms with Gasteiger partial charge in [0.2, 0.25) is 5.88 Å². The minimum Gasteiger partial charge on any atom is -0.455 e. The maximum absolute atomic E-state index is 11.3. The summed E-state index contributed by atoms with van der Waals surface area (Å²) in [5.74, 6) is 1.39. The van der Waals surface area contributed by atoms with E-state index in [0.29, 0.717) is 34.0 Å². The Morgan fingerprint density at radius 2 is 1.49 bits per heavy atom. The molecule has 0 saturated heterocycles. The highest BCUT2D eigenvalue weighted by atomic mass is 16.6. The van der Waals surface area contributed by atoms with Crippen LogP contribution < -0.4 is 0 Å². The number of aliphatic imine (C=N–C) groups is 1. The topological polar surface area (TPSA) is 106 Å². The van der Waals surface area contributed by atoms with E-state index in [1.165, 1.54) is 12.3 Å². The summed E-state index contributed by atoms with van der Waals surface area (Å²) in [5, 5.41) is 21.3. The summed E-state index contributed by atoms with van der Waals surface area (Å²) in [6, 6.07) is 30.9. The summed E-state index contributed by atoms with van der Waals surface area (Å²) in [6.07, 6.45) is 1.43. The molecule has 35 heavy (non-hydrogen) atoms. The van der Waals surface area contributed by atoms with Crippen molar-refractivity contribution in [3.63, 3.8) is 0 Å². The Morgan fingerprint density at radius 3 is 2.17 bits per heavy atom. The molecule has 0 saturated carbocycles. The molecule has 0 N–H and O–H groups in total. The first-order valence-electron chi connectivity index (χ1n) is 10.7. The predicted octanol–water partition coefficient (Wildman–Crippen LogP) is 7.40. The van der Waals surface area contributed by atoms with Gasteiger partial charge in [0.05, 0.1) is 16.7 Å².